The van der Waals surface area contributed by atoms with Crippen molar-refractivity contribution in [1.29, 1.82) is 0 Å². The molecule has 0 spiro atoms. The van der Waals surface area contributed by atoms with Crippen molar-refractivity contribution < 1.29 is 0 Å². The van der Waals surface area contributed by atoms with Crippen LogP contribution < -0.4 is 0 Å². The van der Waals surface area contributed by atoms with Crippen molar-refractivity contribution >= 4 is 5.57 Å². The van der Waals surface area contributed by atoms with E-state index in [1.807, 2.05) is 12.1 Å². The Hall–Kier alpha value is -2.08. The quantitative estimate of drug-likeness (QED) is 0.646. The van der Waals surface area contributed by atoms with Crippen molar-refractivity contribution in [2.75, 3.05) is 0 Å². The molecule has 0 amide bonds. The first-order valence-electron chi connectivity index (χ1n) is 6.29. The molecule has 0 aromatic heterocycles. The van der Waals surface area contributed by atoms with Crippen LogP contribution in [0.15, 0.2) is 79.4 Å². The molecule has 0 heterocycles. The van der Waals surface area contributed by atoms with E-state index in [2.05, 4.69) is 67.3 Å². The second-order valence-corrected chi connectivity index (χ2v) is 4.28. The van der Waals surface area contributed by atoms with Gasteiger partial charge < -0.3 is 0 Å². The van der Waals surface area contributed by atoms with Gasteiger partial charge in [0.1, 0.15) is 0 Å². The van der Waals surface area contributed by atoms with Gasteiger partial charge in [-0.05, 0) is 29.5 Å². The number of hydrogen-bond acceptors (Lipinski definition) is 0. The highest BCUT2D eigenvalue weighted by atomic mass is 14.0. The van der Waals surface area contributed by atoms with E-state index in [-0.39, 0.29) is 0 Å². The van der Waals surface area contributed by atoms with Gasteiger partial charge in [0.25, 0.3) is 0 Å². The molecule has 0 aliphatic rings. The molecule has 0 saturated heterocycles. The summed E-state index contributed by atoms with van der Waals surface area (Å²) in [4.78, 5) is 0. The molecule has 0 unspecified atom stereocenters. The summed E-state index contributed by atoms with van der Waals surface area (Å²) < 4.78 is 0. The average Bonchev–Trinajstić information content (AvgIpc) is 2.45. The minimum absolute atomic E-state index is 0.914. The monoisotopic (exact) mass is 234 g/mol. The molecule has 90 valence electrons. The zero-order chi connectivity index (χ0) is 12.6. The molecule has 0 heteroatoms. The third-order valence-corrected chi connectivity index (χ3v) is 2.94. The van der Waals surface area contributed by atoms with Crippen molar-refractivity contribution in [2.24, 2.45) is 0 Å². The van der Waals surface area contributed by atoms with E-state index in [0.29, 0.717) is 0 Å². The molecule has 0 fully saturated rings. The second-order valence-electron chi connectivity index (χ2n) is 4.28. The highest BCUT2D eigenvalue weighted by Gasteiger charge is 1.98. The van der Waals surface area contributed by atoms with Gasteiger partial charge in [-0.25, -0.2) is 0 Å². The fourth-order valence-electron chi connectivity index (χ4n) is 1.98. The van der Waals surface area contributed by atoms with Gasteiger partial charge in [0.2, 0.25) is 0 Å². The van der Waals surface area contributed by atoms with Gasteiger partial charge in [-0.3, -0.25) is 0 Å². The molecule has 2 rings (SSSR count). The van der Waals surface area contributed by atoms with Crippen LogP contribution in [0, 0.1) is 0 Å². The van der Waals surface area contributed by atoms with E-state index in [1.54, 1.807) is 0 Å². The Bertz CT molecular complexity index is 506. The minimum atomic E-state index is 0.914. The van der Waals surface area contributed by atoms with Crippen molar-refractivity contribution in [3.8, 4) is 0 Å². The molecular formula is C18H18. The van der Waals surface area contributed by atoms with Crippen molar-refractivity contribution in [3.05, 3.63) is 90.5 Å². The maximum Gasteiger partial charge on any atom is -0.00913 e. The Kier molecular flexibility index (Phi) is 4.54. The van der Waals surface area contributed by atoms with Crippen LogP contribution in [0.2, 0.25) is 0 Å². The van der Waals surface area contributed by atoms with Gasteiger partial charge in [-0.1, -0.05) is 72.8 Å². The molecule has 0 aliphatic carbocycles. The predicted octanol–water partition coefficient (Wildman–Crippen LogP) is 4.89. The Morgan fingerprint density at radius 1 is 0.889 bits per heavy atom. The molecule has 0 saturated carbocycles. The van der Waals surface area contributed by atoms with Crippen molar-refractivity contribution in [1.82, 2.24) is 0 Å². The molecule has 0 nitrogen and oxygen atoms in total. The molecule has 0 bridgehead atoms. The van der Waals surface area contributed by atoms with Gasteiger partial charge in [-0.15, -0.1) is 6.58 Å². The topological polar surface area (TPSA) is 0 Å². The Balaban J connectivity index is 2.18. The van der Waals surface area contributed by atoms with E-state index >= 15 is 0 Å². The van der Waals surface area contributed by atoms with Gasteiger partial charge in [-0.2, -0.15) is 0 Å². The standard InChI is InChI=1S/C18H18/c1-2-9-17(18-12-7-4-8-13-18)15-14-16-10-5-3-6-11-16/h2-8,10-13,15H,1,9,14H2/b17-15-. The lowest BCUT2D eigenvalue weighted by Gasteiger charge is -2.05. The fourth-order valence-corrected chi connectivity index (χ4v) is 1.98. The highest BCUT2D eigenvalue weighted by Crippen LogP contribution is 2.19. The normalized spacial score (nSPS) is 11.2. The van der Waals surface area contributed by atoms with E-state index in [0.717, 1.165) is 12.8 Å². The summed E-state index contributed by atoms with van der Waals surface area (Å²) in [6.07, 6.45) is 6.14. The van der Waals surface area contributed by atoms with Crippen LogP contribution in [-0.2, 0) is 6.42 Å². The average molecular weight is 234 g/mol. The summed E-state index contributed by atoms with van der Waals surface area (Å²) in [5.41, 5.74) is 3.97. The number of rotatable bonds is 5. The van der Waals surface area contributed by atoms with E-state index in [9.17, 15) is 0 Å². The smallest absolute Gasteiger partial charge is 0.00913 e. The molecular weight excluding hydrogens is 216 g/mol. The van der Waals surface area contributed by atoms with Gasteiger partial charge in [0.15, 0.2) is 0 Å². The molecule has 0 atom stereocenters. The number of allylic oxidation sites excluding steroid dienone is 3. The van der Waals surface area contributed by atoms with Crippen LogP contribution in [0.1, 0.15) is 17.5 Å². The van der Waals surface area contributed by atoms with Gasteiger partial charge >= 0.3 is 0 Å². The predicted molar refractivity (Wildman–Crippen MR) is 79.4 cm³/mol. The molecule has 0 N–H and O–H groups in total. The summed E-state index contributed by atoms with van der Waals surface area (Å²) in [6, 6.07) is 21.0. The third kappa shape index (κ3) is 3.46. The first-order chi connectivity index (χ1) is 8.90. The maximum atomic E-state index is 3.84. The lowest BCUT2D eigenvalue weighted by atomic mass is 10.00. The zero-order valence-electron chi connectivity index (χ0n) is 10.5. The van der Waals surface area contributed by atoms with Crippen LogP contribution in [0.25, 0.3) is 5.57 Å². The van der Waals surface area contributed by atoms with Crippen LogP contribution in [0.4, 0.5) is 0 Å². The summed E-state index contributed by atoms with van der Waals surface area (Å²) in [5.74, 6) is 0. The molecule has 2 aromatic carbocycles. The molecule has 0 aliphatic heterocycles. The van der Waals surface area contributed by atoms with Crippen LogP contribution in [0.3, 0.4) is 0 Å². The Morgan fingerprint density at radius 2 is 1.50 bits per heavy atom. The molecule has 18 heavy (non-hydrogen) atoms. The summed E-state index contributed by atoms with van der Waals surface area (Å²) in [7, 11) is 0. The highest BCUT2D eigenvalue weighted by molar-refractivity contribution is 5.66. The maximum absolute atomic E-state index is 3.84. The summed E-state index contributed by atoms with van der Waals surface area (Å²) in [5, 5.41) is 0. The fraction of sp³-hybridized carbons (Fsp3) is 0.111. The van der Waals surface area contributed by atoms with Crippen LogP contribution in [0.5, 0.6) is 0 Å². The van der Waals surface area contributed by atoms with E-state index in [1.165, 1.54) is 16.7 Å². The summed E-state index contributed by atoms with van der Waals surface area (Å²) >= 11 is 0. The number of benzene rings is 2. The Labute approximate surface area is 109 Å². The summed E-state index contributed by atoms with van der Waals surface area (Å²) in [6.45, 7) is 3.84. The van der Waals surface area contributed by atoms with Gasteiger partial charge in [0.05, 0.1) is 0 Å². The molecule has 0 radical (unpaired) electrons. The SMILES string of the molecule is C=CC/C(=C/Cc1ccccc1)c1ccccc1. The van der Waals surface area contributed by atoms with E-state index in [4.69, 9.17) is 0 Å². The van der Waals surface area contributed by atoms with Crippen molar-refractivity contribution in [3.63, 3.8) is 0 Å². The zero-order valence-corrected chi connectivity index (χ0v) is 10.5. The minimum Gasteiger partial charge on any atom is -0.103 e. The largest absolute Gasteiger partial charge is 0.103 e. The van der Waals surface area contributed by atoms with Crippen LogP contribution >= 0.6 is 0 Å². The lowest BCUT2D eigenvalue weighted by Crippen LogP contribution is -1.86. The second kappa shape index (κ2) is 6.61. The molecule has 2 aromatic rings. The van der Waals surface area contributed by atoms with E-state index < -0.39 is 0 Å². The first kappa shape index (κ1) is 12.4. The lowest BCUT2D eigenvalue weighted by molar-refractivity contribution is 1.25. The third-order valence-electron chi connectivity index (χ3n) is 2.94. The van der Waals surface area contributed by atoms with Crippen LogP contribution in [-0.4, -0.2) is 0 Å². The van der Waals surface area contributed by atoms with Crippen molar-refractivity contribution in [2.45, 2.75) is 12.8 Å². The first-order valence-corrected chi connectivity index (χ1v) is 6.29. The number of hydrogen-bond donors (Lipinski definition) is 0. The van der Waals surface area contributed by atoms with Gasteiger partial charge in [0, 0.05) is 0 Å². The Morgan fingerprint density at radius 3 is 2.11 bits per heavy atom.